The molecule has 0 heterocycles. The van der Waals surface area contributed by atoms with Gasteiger partial charge in [-0.2, -0.15) is 11.8 Å². The van der Waals surface area contributed by atoms with Crippen molar-refractivity contribution >= 4 is 27.3 Å². The summed E-state index contributed by atoms with van der Waals surface area (Å²) in [7, 11) is -1.82. The molecule has 4 nitrogen and oxygen atoms in total. The summed E-state index contributed by atoms with van der Waals surface area (Å²) in [5, 5.41) is 0. The second-order valence-corrected chi connectivity index (χ2v) is 7.24. The predicted octanol–water partition coefficient (Wildman–Crippen LogP) is 2.19. The zero-order valence-corrected chi connectivity index (χ0v) is 12.3. The molecule has 0 unspecified atom stereocenters. The van der Waals surface area contributed by atoms with Gasteiger partial charge in [-0.25, -0.2) is 8.42 Å². The lowest BCUT2D eigenvalue weighted by atomic mass is 10.3. The minimum absolute atomic E-state index is 0.122. The van der Waals surface area contributed by atoms with Crippen molar-refractivity contribution in [2.45, 2.75) is 18.2 Å². The molecule has 0 amide bonds. The molecule has 1 aromatic carbocycles. The van der Waals surface area contributed by atoms with E-state index in [0.29, 0.717) is 12.2 Å². The molecule has 102 valence electrons. The van der Waals surface area contributed by atoms with Gasteiger partial charge in [-0.3, -0.25) is 0 Å². The van der Waals surface area contributed by atoms with Gasteiger partial charge in [0.25, 0.3) is 0 Å². The van der Waals surface area contributed by atoms with E-state index in [2.05, 4.69) is 6.92 Å². The predicted molar refractivity (Wildman–Crippen MR) is 77.1 cm³/mol. The molecule has 1 rings (SSSR count). The van der Waals surface area contributed by atoms with Crippen LogP contribution in [0, 0.1) is 0 Å². The number of benzene rings is 1. The number of rotatable bonds is 7. The van der Waals surface area contributed by atoms with Crippen LogP contribution in [0.15, 0.2) is 23.1 Å². The number of ether oxygens (including phenoxy) is 1. The van der Waals surface area contributed by atoms with Crippen molar-refractivity contribution in [1.29, 1.82) is 0 Å². The van der Waals surface area contributed by atoms with E-state index in [0.717, 1.165) is 11.5 Å². The third kappa shape index (κ3) is 4.10. The highest BCUT2D eigenvalue weighted by Crippen LogP contribution is 2.25. The lowest BCUT2D eigenvalue weighted by Crippen LogP contribution is -2.10. The number of sulfone groups is 1. The van der Waals surface area contributed by atoms with Crippen molar-refractivity contribution in [3.8, 4) is 5.75 Å². The Balaban J connectivity index is 2.83. The molecule has 0 saturated heterocycles. The maximum Gasteiger partial charge on any atom is 0.180 e. The van der Waals surface area contributed by atoms with Crippen LogP contribution in [0.3, 0.4) is 0 Å². The molecule has 0 spiro atoms. The molecule has 0 radical (unpaired) electrons. The summed E-state index contributed by atoms with van der Waals surface area (Å²) in [4.78, 5) is 0.170. The molecule has 18 heavy (non-hydrogen) atoms. The maximum absolute atomic E-state index is 12.1. The molecular weight excluding hydrogens is 270 g/mol. The molecule has 0 aliphatic rings. The van der Waals surface area contributed by atoms with Gasteiger partial charge in [-0.05, 0) is 30.1 Å². The van der Waals surface area contributed by atoms with E-state index >= 15 is 0 Å². The minimum Gasteiger partial charge on any atom is -0.497 e. The van der Waals surface area contributed by atoms with Crippen LogP contribution in [0.25, 0.3) is 0 Å². The fourth-order valence-corrected chi connectivity index (χ4v) is 3.80. The van der Waals surface area contributed by atoms with Crippen molar-refractivity contribution in [2.24, 2.45) is 0 Å². The zero-order chi connectivity index (χ0) is 13.6. The van der Waals surface area contributed by atoms with E-state index in [4.69, 9.17) is 10.5 Å². The number of hydrogen-bond acceptors (Lipinski definition) is 5. The van der Waals surface area contributed by atoms with Crippen LogP contribution in [0.4, 0.5) is 5.69 Å². The van der Waals surface area contributed by atoms with E-state index in [1.54, 1.807) is 23.9 Å². The highest BCUT2D eigenvalue weighted by Gasteiger charge is 2.18. The maximum atomic E-state index is 12.1. The lowest BCUT2D eigenvalue weighted by Gasteiger charge is -2.09. The van der Waals surface area contributed by atoms with Gasteiger partial charge in [0.05, 0.1) is 23.4 Å². The Bertz CT molecular complexity index is 486. The average Bonchev–Trinajstić information content (AvgIpc) is 2.35. The van der Waals surface area contributed by atoms with E-state index in [1.807, 2.05) is 0 Å². The number of nitrogen functional groups attached to an aromatic ring is 1. The monoisotopic (exact) mass is 289 g/mol. The van der Waals surface area contributed by atoms with Gasteiger partial charge < -0.3 is 10.5 Å². The summed E-state index contributed by atoms with van der Waals surface area (Å²) in [6.45, 7) is 2.05. The first-order valence-electron chi connectivity index (χ1n) is 5.75. The van der Waals surface area contributed by atoms with Gasteiger partial charge in [-0.1, -0.05) is 6.92 Å². The molecule has 6 heteroatoms. The van der Waals surface area contributed by atoms with Crippen molar-refractivity contribution in [3.05, 3.63) is 18.2 Å². The highest BCUT2D eigenvalue weighted by molar-refractivity contribution is 7.99. The summed E-state index contributed by atoms with van der Waals surface area (Å²) in [6.07, 6.45) is 0.636. The fourth-order valence-electron chi connectivity index (χ4n) is 1.52. The molecule has 0 atom stereocenters. The van der Waals surface area contributed by atoms with Crippen LogP contribution in [0.5, 0.6) is 5.75 Å². The van der Waals surface area contributed by atoms with Crippen molar-refractivity contribution < 1.29 is 13.2 Å². The summed E-state index contributed by atoms with van der Waals surface area (Å²) in [5.74, 6) is 2.48. The SMILES string of the molecule is CCSCCCS(=O)(=O)c1cc(OC)ccc1N. The van der Waals surface area contributed by atoms with E-state index in [9.17, 15) is 8.42 Å². The van der Waals surface area contributed by atoms with Crippen molar-refractivity contribution in [3.63, 3.8) is 0 Å². The molecular formula is C12H19NO3S2. The third-order valence-corrected chi connectivity index (χ3v) is 5.30. The Labute approximate surface area is 113 Å². The van der Waals surface area contributed by atoms with Crippen LogP contribution in [-0.2, 0) is 9.84 Å². The zero-order valence-electron chi connectivity index (χ0n) is 10.7. The van der Waals surface area contributed by atoms with Crippen LogP contribution in [0.1, 0.15) is 13.3 Å². The number of nitrogens with two attached hydrogens (primary N) is 1. The Hall–Kier alpha value is -0.880. The fraction of sp³-hybridized carbons (Fsp3) is 0.500. The van der Waals surface area contributed by atoms with Crippen molar-refractivity contribution in [1.82, 2.24) is 0 Å². The number of thioether (sulfide) groups is 1. The number of anilines is 1. The smallest absolute Gasteiger partial charge is 0.180 e. The molecule has 0 saturated carbocycles. The Morgan fingerprint density at radius 3 is 2.72 bits per heavy atom. The normalized spacial score (nSPS) is 11.4. The first-order chi connectivity index (χ1) is 8.51. The van der Waals surface area contributed by atoms with Crippen LogP contribution in [-0.4, -0.2) is 32.8 Å². The van der Waals surface area contributed by atoms with Gasteiger partial charge in [0.2, 0.25) is 0 Å². The van der Waals surface area contributed by atoms with Crippen LogP contribution in [0.2, 0.25) is 0 Å². The molecule has 1 aromatic rings. The Morgan fingerprint density at radius 2 is 2.11 bits per heavy atom. The lowest BCUT2D eigenvalue weighted by molar-refractivity contribution is 0.413. The topological polar surface area (TPSA) is 69.4 Å². The Morgan fingerprint density at radius 1 is 1.39 bits per heavy atom. The first kappa shape index (κ1) is 15.2. The number of hydrogen-bond donors (Lipinski definition) is 1. The highest BCUT2D eigenvalue weighted by atomic mass is 32.2. The summed E-state index contributed by atoms with van der Waals surface area (Å²) in [5.41, 5.74) is 6.00. The first-order valence-corrected chi connectivity index (χ1v) is 8.56. The molecule has 0 fully saturated rings. The third-order valence-electron chi connectivity index (χ3n) is 2.46. The molecule has 0 aromatic heterocycles. The second-order valence-electron chi connectivity index (χ2n) is 3.77. The summed E-state index contributed by atoms with van der Waals surface area (Å²) in [6, 6.07) is 4.70. The summed E-state index contributed by atoms with van der Waals surface area (Å²) < 4.78 is 29.3. The van der Waals surface area contributed by atoms with E-state index in [1.165, 1.54) is 13.2 Å². The quantitative estimate of drug-likeness (QED) is 0.615. The van der Waals surface area contributed by atoms with Crippen LogP contribution < -0.4 is 10.5 Å². The summed E-state index contributed by atoms with van der Waals surface area (Å²) >= 11 is 1.74. The Kier molecular flexibility index (Phi) is 5.81. The second kappa shape index (κ2) is 6.89. The van der Waals surface area contributed by atoms with E-state index in [-0.39, 0.29) is 16.3 Å². The average molecular weight is 289 g/mol. The number of methoxy groups -OCH3 is 1. The van der Waals surface area contributed by atoms with Crippen molar-refractivity contribution in [2.75, 3.05) is 30.1 Å². The minimum atomic E-state index is -3.32. The molecule has 0 aliphatic heterocycles. The van der Waals surface area contributed by atoms with E-state index < -0.39 is 9.84 Å². The van der Waals surface area contributed by atoms with Gasteiger partial charge in [0.1, 0.15) is 5.75 Å². The van der Waals surface area contributed by atoms with Gasteiger partial charge >= 0.3 is 0 Å². The largest absolute Gasteiger partial charge is 0.497 e. The van der Waals surface area contributed by atoms with Gasteiger partial charge in [0.15, 0.2) is 9.84 Å². The van der Waals surface area contributed by atoms with Crippen LogP contribution >= 0.6 is 11.8 Å². The standard InChI is InChI=1S/C12H19NO3S2/c1-3-17-7-4-8-18(14,15)12-9-10(16-2)5-6-11(12)13/h5-6,9H,3-4,7-8,13H2,1-2H3. The van der Waals surface area contributed by atoms with Gasteiger partial charge in [0, 0.05) is 6.07 Å². The molecule has 0 bridgehead atoms. The van der Waals surface area contributed by atoms with Gasteiger partial charge in [-0.15, -0.1) is 0 Å². The molecule has 0 aliphatic carbocycles. The molecule has 2 N–H and O–H groups in total.